The monoisotopic (exact) mass is 423 g/mol. The maximum Gasteiger partial charge on any atom is 0.252 e. The molecule has 4 rings (SSSR count). The minimum absolute atomic E-state index is 0.154. The largest absolute Gasteiger partial charge is 0.475 e. The van der Waals surface area contributed by atoms with Crippen molar-refractivity contribution in [1.29, 1.82) is 0 Å². The first-order chi connectivity index (χ1) is 14.7. The van der Waals surface area contributed by atoms with E-state index in [4.69, 9.17) is 4.74 Å². The van der Waals surface area contributed by atoms with Gasteiger partial charge in [-0.3, -0.25) is 4.79 Å². The number of ether oxygens (including phenoxy) is 1. The summed E-state index contributed by atoms with van der Waals surface area (Å²) in [4.78, 5) is 13.3. The lowest BCUT2D eigenvalue weighted by Gasteiger charge is -2.09. The van der Waals surface area contributed by atoms with Gasteiger partial charge in [0.25, 0.3) is 5.91 Å². The Morgan fingerprint density at radius 2 is 2.00 bits per heavy atom. The van der Waals surface area contributed by atoms with E-state index in [2.05, 4.69) is 20.6 Å². The number of hydrogen-bond donors (Lipinski definition) is 1. The van der Waals surface area contributed by atoms with E-state index < -0.39 is 0 Å². The second-order valence-corrected chi connectivity index (χ2v) is 7.13. The SMILES string of the molecule is CSc1ccccc1C(=O)NCCOc1ccc2nnc(-c3cccc(F)c3)n2n1. The Bertz CT molecular complexity index is 1200. The van der Waals surface area contributed by atoms with Crippen LogP contribution in [0.15, 0.2) is 65.6 Å². The topological polar surface area (TPSA) is 81.4 Å². The zero-order chi connectivity index (χ0) is 20.9. The average Bonchev–Trinajstić information content (AvgIpc) is 3.20. The average molecular weight is 423 g/mol. The second-order valence-electron chi connectivity index (χ2n) is 6.28. The Kier molecular flexibility index (Phi) is 5.89. The highest BCUT2D eigenvalue weighted by Crippen LogP contribution is 2.20. The number of hydrogen-bond acceptors (Lipinski definition) is 6. The van der Waals surface area contributed by atoms with Gasteiger partial charge in [-0.25, -0.2) is 4.39 Å². The van der Waals surface area contributed by atoms with E-state index in [9.17, 15) is 9.18 Å². The first kappa shape index (κ1) is 19.8. The predicted octanol–water partition coefficient (Wildman–Crippen LogP) is 3.46. The summed E-state index contributed by atoms with van der Waals surface area (Å²) in [7, 11) is 0. The van der Waals surface area contributed by atoms with Crippen LogP contribution in [0.25, 0.3) is 17.0 Å². The third kappa shape index (κ3) is 4.25. The van der Waals surface area contributed by atoms with Crippen LogP contribution in [-0.4, -0.2) is 45.1 Å². The molecule has 7 nitrogen and oxygen atoms in total. The molecule has 0 saturated heterocycles. The third-order valence-electron chi connectivity index (χ3n) is 4.31. The van der Waals surface area contributed by atoms with E-state index in [0.717, 1.165) is 4.90 Å². The van der Waals surface area contributed by atoms with Crippen molar-refractivity contribution in [2.75, 3.05) is 19.4 Å². The molecule has 2 aromatic heterocycles. The van der Waals surface area contributed by atoms with E-state index in [-0.39, 0.29) is 18.3 Å². The Balaban J connectivity index is 1.41. The van der Waals surface area contributed by atoms with Crippen LogP contribution in [0.4, 0.5) is 4.39 Å². The number of rotatable bonds is 7. The summed E-state index contributed by atoms with van der Waals surface area (Å²) >= 11 is 1.52. The summed E-state index contributed by atoms with van der Waals surface area (Å²) < 4.78 is 20.7. The van der Waals surface area contributed by atoms with Crippen LogP contribution >= 0.6 is 11.8 Å². The molecule has 4 aromatic rings. The smallest absolute Gasteiger partial charge is 0.252 e. The van der Waals surface area contributed by atoms with Gasteiger partial charge < -0.3 is 10.1 Å². The van der Waals surface area contributed by atoms with E-state index in [1.807, 2.05) is 24.5 Å². The lowest BCUT2D eigenvalue weighted by atomic mass is 10.2. The van der Waals surface area contributed by atoms with E-state index in [1.165, 1.54) is 28.4 Å². The summed E-state index contributed by atoms with van der Waals surface area (Å²) in [5.74, 6) is 0.241. The summed E-state index contributed by atoms with van der Waals surface area (Å²) in [6.07, 6.45) is 1.93. The number of thioether (sulfide) groups is 1. The molecule has 1 amide bonds. The van der Waals surface area contributed by atoms with E-state index in [0.29, 0.717) is 35.0 Å². The van der Waals surface area contributed by atoms with Gasteiger partial charge >= 0.3 is 0 Å². The lowest BCUT2D eigenvalue weighted by molar-refractivity contribution is 0.0943. The van der Waals surface area contributed by atoms with Gasteiger partial charge in [-0.1, -0.05) is 24.3 Å². The van der Waals surface area contributed by atoms with Crippen molar-refractivity contribution in [3.05, 3.63) is 72.0 Å². The zero-order valence-corrected chi connectivity index (χ0v) is 16.9. The van der Waals surface area contributed by atoms with Crippen molar-refractivity contribution in [3.8, 4) is 17.3 Å². The van der Waals surface area contributed by atoms with Gasteiger partial charge in [0.2, 0.25) is 5.88 Å². The number of carbonyl (C=O) groups excluding carboxylic acids is 1. The van der Waals surface area contributed by atoms with Crippen molar-refractivity contribution in [3.63, 3.8) is 0 Å². The number of nitrogens with one attached hydrogen (secondary N) is 1. The maximum absolute atomic E-state index is 13.5. The van der Waals surface area contributed by atoms with Gasteiger partial charge in [0.15, 0.2) is 11.5 Å². The molecule has 0 atom stereocenters. The number of halogens is 1. The predicted molar refractivity (Wildman–Crippen MR) is 112 cm³/mol. The Hall–Kier alpha value is -3.46. The molecule has 0 unspecified atom stereocenters. The quantitative estimate of drug-likeness (QED) is 0.362. The molecule has 0 bridgehead atoms. The van der Waals surface area contributed by atoms with Crippen molar-refractivity contribution < 1.29 is 13.9 Å². The summed E-state index contributed by atoms with van der Waals surface area (Å²) in [6, 6.07) is 16.9. The summed E-state index contributed by atoms with van der Waals surface area (Å²) in [6.45, 7) is 0.559. The van der Waals surface area contributed by atoms with Crippen LogP contribution in [-0.2, 0) is 0 Å². The zero-order valence-electron chi connectivity index (χ0n) is 16.1. The Labute approximate surface area is 176 Å². The van der Waals surface area contributed by atoms with E-state index >= 15 is 0 Å². The van der Waals surface area contributed by atoms with Crippen molar-refractivity contribution in [2.45, 2.75) is 4.90 Å². The number of amides is 1. The lowest BCUT2D eigenvalue weighted by Crippen LogP contribution is -2.28. The van der Waals surface area contributed by atoms with Gasteiger partial charge in [-0.05, 0) is 36.6 Å². The number of nitrogens with zero attached hydrogens (tertiary/aromatic N) is 4. The van der Waals surface area contributed by atoms with Crippen LogP contribution in [0.5, 0.6) is 5.88 Å². The van der Waals surface area contributed by atoms with Gasteiger partial charge in [0, 0.05) is 16.5 Å². The van der Waals surface area contributed by atoms with E-state index in [1.54, 1.807) is 30.3 Å². The molecular formula is C21H18FN5O2S. The minimum Gasteiger partial charge on any atom is -0.475 e. The molecular weight excluding hydrogens is 405 g/mol. The molecule has 2 aromatic carbocycles. The molecule has 152 valence electrons. The number of aromatic nitrogens is 4. The molecule has 0 fully saturated rings. The van der Waals surface area contributed by atoms with Crippen LogP contribution in [0.1, 0.15) is 10.4 Å². The Morgan fingerprint density at radius 1 is 1.13 bits per heavy atom. The van der Waals surface area contributed by atoms with Crippen molar-refractivity contribution in [2.24, 2.45) is 0 Å². The first-order valence-electron chi connectivity index (χ1n) is 9.18. The fourth-order valence-corrected chi connectivity index (χ4v) is 3.50. The second kappa shape index (κ2) is 8.91. The minimum atomic E-state index is -0.365. The number of benzene rings is 2. The maximum atomic E-state index is 13.5. The Morgan fingerprint density at radius 3 is 2.83 bits per heavy atom. The molecule has 0 aliphatic carbocycles. The van der Waals surface area contributed by atoms with Crippen LogP contribution in [0.2, 0.25) is 0 Å². The fraction of sp³-hybridized carbons (Fsp3) is 0.143. The van der Waals surface area contributed by atoms with Gasteiger partial charge in [0.05, 0.1) is 12.1 Å². The van der Waals surface area contributed by atoms with Crippen LogP contribution < -0.4 is 10.1 Å². The molecule has 0 spiro atoms. The molecule has 30 heavy (non-hydrogen) atoms. The number of carbonyl (C=O) groups is 1. The van der Waals surface area contributed by atoms with Gasteiger partial charge in [-0.2, -0.15) is 4.52 Å². The highest BCUT2D eigenvalue weighted by atomic mass is 32.2. The fourth-order valence-electron chi connectivity index (χ4n) is 2.90. The highest BCUT2D eigenvalue weighted by molar-refractivity contribution is 7.98. The molecule has 2 heterocycles. The number of fused-ring (bicyclic) bond motifs is 1. The first-order valence-corrected chi connectivity index (χ1v) is 10.4. The van der Waals surface area contributed by atoms with Gasteiger partial charge in [0.1, 0.15) is 12.4 Å². The molecule has 0 aliphatic rings. The van der Waals surface area contributed by atoms with Crippen LogP contribution in [0, 0.1) is 5.82 Å². The molecule has 0 aliphatic heterocycles. The highest BCUT2D eigenvalue weighted by Gasteiger charge is 2.12. The van der Waals surface area contributed by atoms with Crippen molar-refractivity contribution >= 4 is 23.3 Å². The molecule has 0 saturated carbocycles. The molecule has 1 N–H and O–H groups in total. The van der Waals surface area contributed by atoms with Gasteiger partial charge in [-0.15, -0.1) is 27.1 Å². The van der Waals surface area contributed by atoms with Crippen molar-refractivity contribution in [1.82, 2.24) is 25.1 Å². The molecule has 0 radical (unpaired) electrons. The third-order valence-corrected chi connectivity index (χ3v) is 5.11. The van der Waals surface area contributed by atoms with Crippen LogP contribution in [0.3, 0.4) is 0 Å². The normalized spacial score (nSPS) is 10.9. The summed E-state index contributed by atoms with van der Waals surface area (Å²) in [5, 5.41) is 15.4. The molecule has 9 heteroatoms. The standard InChI is InChI=1S/C21H18FN5O2S/c1-30-17-8-3-2-7-16(17)21(28)23-11-12-29-19-10-9-18-24-25-20(27(18)26-19)14-5-4-6-15(22)13-14/h2-10,13H,11-12H2,1H3,(H,23,28). The summed E-state index contributed by atoms with van der Waals surface area (Å²) in [5.41, 5.74) is 1.71.